The molecule has 5 rings (SSSR count). The van der Waals surface area contributed by atoms with E-state index in [2.05, 4.69) is 58.2 Å². The molecule has 0 unspecified atom stereocenters. The molecule has 166 valence electrons. The first-order chi connectivity index (χ1) is 15.6. The van der Waals surface area contributed by atoms with Gasteiger partial charge in [-0.05, 0) is 31.0 Å². The predicted octanol–water partition coefficient (Wildman–Crippen LogP) is 2.95. The van der Waals surface area contributed by atoms with Crippen LogP contribution in [0.25, 0.3) is 11.1 Å². The Morgan fingerprint density at radius 3 is 2.75 bits per heavy atom. The van der Waals surface area contributed by atoms with Crippen molar-refractivity contribution in [3.63, 3.8) is 0 Å². The molecule has 2 aliphatic rings. The number of fused-ring (bicyclic) bond motifs is 1. The summed E-state index contributed by atoms with van der Waals surface area (Å²) in [6.07, 6.45) is 5.94. The molecule has 8 nitrogen and oxygen atoms in total. The van der Waals surface area contributed by atoms with E-state index >= 15 is 0 Å². The average molecular weight is 433 g/mol. The van der Waals surface area contributed by atoms with Crippen molar-refractivity contribution in [2.24, 2.45) is 4.99 Å². The van der Waals surface area contributed by atoms with Crippen LogP contribution in [0.5, 0.6) is 0 Å². The number of methoxy groups -OCH3 is 1. The van der Waals surface area contributed by atoms with Crippen molar-refractivity contribution in [2.75, 3.05) is 31.7 Å². The van der Waals surface area contributed by atoms with Gasteiger partial charge in [0, 0.05) is 43.6 Å². The topological polar surface area (TPSA) is 77.7 Å². The fraction of sp³-hybridized carbons (Fsp3) is 0.417. The van der Waals surface area contributed by atoms with E-state index in [9.17, 15) is 0 Å². The fourth-order valence-electron chi connectivity index (χ4n) is 4.42. The number of ether oxygens (including phenoxy) is 2. The van der Waals surface area contributed by atoms with Crippen molar-refractivity contribution in [3.8, 4) is 11.1 Å². The Morgan fingerprint density at radius 1 is 1.09 bits per heavy atom. The molecule has 2 aliphatic heterocycles. The van der Waals surface area contributed by atoms with E-state index in [4.69, 9.17) is 14.5 Å². The van der Waals surface area contributed by atoms with E-state index in [1.165, 1.54) is 5.56 Å². The van der Waals surface area contributed by atoms with Crippen LogP contribution >= 0.6 is 0 Å². The summed E-state index contributed by atoms with van der Waals surface area (Å²) in [5, 5.41) is 4.45. The zero-order valence-corrected chi connectivity index (χ0v) is 18.7. The highest BCUT2D eigenvalue weighted by Gasteiger charge is 2.25. The van der Waals surface area contributed by atoms with E-state index in [0.717, 1.165) is 53.5 Å². The van der Waals surface area contributed by atoms with Gasteiger partial charge in [0.15, 0.2) is 0 Å². The molecule has 2 atom stereocenters. The van der Waals surface area contributed by atoms with Crippen molar-refractivity contribution in [1.29, 1.82) is 0 Å². The molecule has 1 fully saturated rings. The maximum atomic E-state index is 5.87. The first-order valence-electron chi connectivity index (χ1n) is 11.0. The SMILES string of the molecule is COCCn1cc(-c2ccc3c(c2)C(c2cc(N4C[C@@H](C)O[C@@H](C)C4)ncn2)=NC3)cn1. The Hall–Kier alpha value is -3.10. The van der Waals surface area contributed by atoms with Gasteiger partial charge in [0.2, 0.25) is 0 Å². The van der Waals surface area contributed by atoms with E-state index in [1.54, 1.807) is 13.4 Å². The van der Waals surface area contributed by atoms with Crippen LogP contribution in [-0.4, -0.2) is 64.5 Å². The molecule has 0 aliphatic carbocycles. The first kappa shape index (κ1) is 20.8. The largest absolute Gasteiger partial charge is 0.383 e. The van der Waals surface area contributed by atoms with Crippen LogP contribution in [0.3, 0.4) is 0 Å². The highest BCUT2D eigenvalue weighted by atomic mass is 16.5. The second kappa shape index (κ2) is 8.80. The number of benzene rings is 1. The Kier molecular flexibility index (Phi) is 5.71. The van der Waals surface area contributed by atoms with Gasteiger partial charge >= 0.3 is 0 Å². The molecule has 0 spiro atoms. The molecule has 4 heterocycles. The quantitative estimate of drug-likeness (QED) is 0.596. The molecular formula is C24H28N6O2. The number of aliphatic imine (C=N–C) groups is 1. The van der Waals surface area contributed by atoms with Gasteiger partial charge < -0.3 is 14.4 Å². The minimum absolute atomic E-state index is 0.175. The molecular weight excluding hydrogens is 404 g/mol. The summed E-state index contributed by atoms with van der Waals surface area (Å²) in [6, 6.07) is 8.53. The number of rotatable bonds is 6. The Bertz CT molecular complexity index is 1130. The number of hydrogen-bond donors (Lipinski definition) is 0. The monoisotopic (exact) mass is 432 g/mol. The van der Waals surface area contributed by atoms with Gasteiger partial charge in [-0.3, -0.25) is 9.67 Å². The minimum atomic E-state index is 0.175. The van der Waals surface area contributed by atoms with Gasteiger partial charge in [0.25, 0.3) is 0 Å². The molecule has 1 saturated heterocycles. The van der Waals surface area contributed by atoms with Crippen LogP contribution in [0.1, 0.15) is 30.7 Å². The van der Waals surface area contributed by atoms with Crippen LogP contribution < -0.4 is 4.90 Å². The number of morpholine rings is 1. The van der Waals surface area contributed by atoms with Crippen molar-refractivity contribution < 1.29 is 9.47 Å². The molecule has 2 aromatic heterocycles. The molecule has 8 heteroatoms. The van der Waals surface area contributed by atoms with Crippen molar-refractivity contribution >= 4 is 11.5 Å². The summed E-state index contributed by atoms with van der Waals surface area (Å²) in [5.41, 5.74) is 6.31. The lowest BCUT2D eigenvalue weighted by molar-refractivity contribution is -0.00546. The van der Waals surface area contributed by atoms with Crippen LogP contribution in [0.15, 0.2) is 48.0 Å². The van der Waals surface area contributed by atoms with Crippen molar-refractivity contribution in [3.05, 3.63) is 59.8 Å². The first-order valence-corrected chi connectivity index (χ1v) is 11.0. The van der Waals surface area contributed by atoms with Gasteiger partial charge in [-0.1, -0.05) is 12.1 Å². The van der Waals surface area contributed by atoms with E-state index < -0.39 is 0 Å². The predicted molar refractivity (Wildman–Crippen MR) is 123 cm³/mol. The Morgan fingerprint density at radius 2 is 1.94 bits per heavy atom. The van der Waals surface area contributed by atoms with Gasteiger partial charge in [0.05, 0.1) is 49.5 Å². The highest BCUT2D eigenvalue weighted by molar-refractivity contribution is 6.14. The molecule has 32 heavy (non-hydrogen) atoms. The van der Waals surface area contributed by atoms with Crippen LogP contribution in [0.2, 0.25) is 0 Å². The molecule has 0 radical (unpaired) electrons. The molecule has 0 saturated carbocycles. The smallest absolute Gasteiger partial charge is 0.132 e. The third-order valence-corrected chi connectivity index (χ3v) is 5.90. The minimum Gasteiger partial charge on any atom is -0.383 e. The highest BCUT2D eigenvalue weighted by Crippen LogP contribution is 2.29. The van der Waals surface area contributed by atoms with Gasteiger partial charge in [-0.25, -0.2) is 9.97 Å². The second-order valence-electron chi connectivity index (χ2n) is 8.45. The summed E-state index contributed by atoms with van der Waals surface area (Å²) in [7, 11) is 1.70. The van der Waals surface area contributed by atoms with Gasteiger partial charge in [0.1, 0.15) is 12.1 Å². The lowest BCUT2D eigenvalue weighted by Crippen LogP contribution is -2.45. The van der Waals surface area contributed by atoms with Crippen molar-refractivity contribution in [2.45, 2.75) is 39.1 Å². The average Bonchev–Trinajstić information content (AvgIpc) is 3.44. The number of nitrogens with zero attached hydrogens (tertiary/aromatic N) is 6. The summed E-state index contributed by atoms with van der Waals surface area (Å²) >= 11 is 0. The number of aromatic nitrogens is 4. The maximum Gasteiger partial charge on any atom is 0.132 e. The third-order valence-electron chi connectivity index (χ3n) is 5.90. The molecule has 0 bridgehead atoms. The molecule has 1 aromatic carbocycles. The standard InChI is InChI=1S/C24H28N6O2/c1-16-12-29(13-17(2)32-16)23-9-22(26-15-27-23)24-21-8-18(4-5-19(21)10-25-24)20-11-28-30(14-20)6-7-31-3/h4-5,8-9,11,14-17H,6-7,10,12-13H2,1-3H3/t16-,17+. The third kappa shape index (κ3) is 4.16. The van der Waals surface area contributed by atoms with Crippen LogP contribution in [-0.2, 0) is 22.6 Å². The summed E-state index contributed by atoms with van der Waals surface area (Å²) in [4.78, 5) is 16.2. The second-order valence-corrected chi connectivity index (χ2v) is 8.45. The molecule has 3 aromatic rings. The van der Waals surface area contributed by atoms with Crippen LogP contribution in [0.4, 0.5) is 5.82 Å². The van der Waals surface area contributed by atoms with Gasteiger partial charge in [-0.2, -0.15) is 5.10 Å². The van der Waals surface area contributed by atoms with E-state index in [-0.39, 0.29) is 12.2 Å². The lowest BCUT2D eigenvalue weighted by Gasteiger charge is -2.36. The van der Waals surface area contributed by atoms with E-state index in [0.29, 0.717) is 13.2 Å². The maximum absolute atomic E-state index is 5.87. The Labute approximate surface area is 187 Å². The number of anilines is 1. The van der Waals surface area contributed by atoms with E-state index in [1.807, 2.05) is 16.9 Å². The van der Waals surface area contributed by atoms with Gasteiger partial charge in [-0.15, -0.1) is 0 Å². The molecule has 0 N–H and O–H groups in total. The summed E-state index contributed by atoms with van der Waals surface area (Å²) in [5.74, 6) is 0.920. The zero-order chi connectivity index (χ0) is 22.1. The normalized spacial score (nSPS) is 20.3. The lowest BCUT2D eigenvalue weighted by atomic mass is 9.98. The fourth-order valence-corrected chi connectivity index (χ4v) is 4.42. The summed E-state index contributed by atoms with van der Waals surface area (Å²) < 4.78 is 12.9. The zero-order valence-electron chi connectivity index (χ0n) is 18.7. The summed E-state index contributed by atoms with van der Waals surface area (Å²) in [6.45, 7) is 7.88. The Balaban J connectivity index is 1.42. The number of hydrogen-bond acceptors (Lipinski definition) is 7. The molecule has 0 amide bonds. The van der Waals surface area contributed by atoms with Crippen LogP contribution in [0, 0.1) is 0 Å². The van der Waals surface area contributed by atoms with Crippen molar-refractivity contribution in [1.82, 2.24) is 19.7 Å².